The van der Waals surface area contributed by atoms with E-state index in [1.165, 1.54) is 19.3 Å². The molecule has 1 aliphatic rings. The van der Waals surface area contributed by atoms with Crippen molar-refractivity contribution in [2.75, 3.05) is 23.3 Å². The molecule has 1 amide bonds. The monoisotopic (exact) mass is 405 g/mol. The third-order valence-corrected chi connectivity index (χ3v) is 5.51. The van der Waals surface area contributed by atoms with Crippen molar-refractivity contribution < 1.29 is 14.1 Å². The molecule has 3 aromatic rings. The summed E-state index contributed by atoms with van der Waals surface area (Å²) in [6, 6.07) is 15.3. The number of rotatable bonds is 6. The quantitative estimate of drug-likeness (QED) is 0.617. The van der Waals surface area contributed by atoms with Gasteiger partial charge in [0.15, 0.2) is 0 Å². The molecular weight excluding hydrogens is 378 g/mol. The van der Waals surface area contributed by atoms with Gasteiger partial charge in [-0.1, -0.05) is 23.4 Å². The van der Waals surface area contributed by atoms with E-state index in [1.807, 2.05) is 44.2 Å². The van der Waals surface area contributed by atoms with E-state index < -0.39 is 0 Å². The number of benzene rings is 2. The van der Waals surface area contributed by atoms with Gasteiger partial charge in [0.25, 0.3) is 5.91 Å². The molecule has 1 aromatic heterocycles. The smallest absolute Gasteiger partial charge is 0.259 e. The molecule has 0 unspecified atom stereocenters. The minimum Gasteiger partial charge on any atom is -0.488 e. The number of aromatic nitrogens is 1. The summed E-state index contributed by atoms with van der Waals surface area (Å²) in [5, 5.41) is 6.97. The van der Waals surface area contributed by atoms with Crippen LogP contribution in [0.25, 0.3) is 0 Å². The molecule has 6 heteroatoms. The fraction of sp³-hybridized carbons (Fsp3) is 0.333. The molecule has 1 aliphatic heterocycles. The summed E-state index contributed by atoms with van der Waals surface area (Å²) in [4.78, 5) is 15.4. The lowest BCUT2D eigenvalue weighted by Crippen LogP contribution is -2.29. The molecule has 1 saturated heterocycles. The van der Waals surface area contributed by atoms with Crippen molar-refractivity contribution in [3.63, 3.8) is 0 Å². The minimum absolute atomic E-state index is 0.194. The number of amides is 1. The summed E-state index contributed by atoms with van der Waals surface area (Å²) in [7, 11) is 0. The number of hydrogen-bond acceptors (Lipinski definition) is 5. The molecule has 0 spiro atoms. The second-order valence-corrected chi connectivity index (χ2v) is 7.64. The third-order valence-electron chi connectivity index (χ3n) is 5.51. The van der Waals surface area contributed by atoms with Gasteiger partial charge in [-0.05, 0) is 63.4 Å². The van der Waals surface area contributed by atoms with E-state index >= 15 is 0 Å². The largest absolute Gasteiger partial charge is 0.488 e. The molecule has 156 valence electrons. The molecule has 0 atom stereocenters. The van der Waals surface area contributed by atoms with Crippen LogP contribution in [0.4, 0.5) is 11.4 Å². The summed E-state index contributed by atoms with van der Waals surface area (Å²) in [5.74, 6) is 1.06. The van der Waals surface area contributed by atoms with Crippen LogP contribution in [0.2, 0.25) is 0 Å². The Morgan fingerprint density at radius 2 is 1.90 bits per heavy atom. The van der Waals surface area contributed by atoms with Gasteiger partial charge < -0.3 is 19.5 Å². The van der Waals surface area contributed by atoms with Gasteiger partial charge in [-0.2, -0.15) is 0 Å². The zero-order valence-corrected chi connectivity index (χ0v) is 17.5. The second kappa shape index (κ2) is 9.03. The number of carbonyl (C=O) groups excluding carboxylic acids is 1. The van der Waals surface area contributed by atoms with Crippen molar-refractivity contribution in [2.45, 2.75) is 39.7 Å². The first-order valence-corrected chi connectivity index (χ1v) is 10.4. The zero-order valence-electron chi connectivity index (χ0n) is 17.5. The first kappa shape index (κ1) is 20.0. The number of nitrogens with zero attached hydrogens (tertiary/aromatic N) is 2. The van der Waals surface area contributed by atoms with E-state index in [-0.39, 0.29) is 5.91 Å². The SMILES string of the molecule is Cc1noc(C)c1COc1ccccc1C(=O)Nc1cccc(N2CCCCC2)c1. The van der Waals surface area contributed by atoms with Crippen molar-refractivity contribution in [3.8, 4) is 5.75 Å². The van der Waals surface area contributed by atoms with Gasteiger partial charge >= 0.3 is 0 Å². The Balaban J connectivity index is 1.47. The van der Waals surface area contributed by atoms with Gasteiger partial charge in [0.1, 0.15) is 18.1 Å². The lowest BCUT2D eigenvalue weighted by atomic mass is 10.1. The summed E-state index contributed by atoms with van der Waals surface area (Å²) >= 11 is 0. The van der Waals surface area contributed by atoms with Crippen LogP contribution in [0.5, 0.6) is 5.75 Å². The second-order valence-electron chi connectivity index (χ2n) is 7.64. The van der Waals surface area contributed by atoms with Crippen molar-refractivity contribution in [2.24, 2.45) is 0 Å². The summed E-state index contributed by atoms with van der Waals surface area (Å²) < 4.78 is 11.1. The molecule has 1 fully saturated rings. The van der Waals surface area contributed by atoms with Crippen LogP contribution in [0.15, 0.2) is 53.1 Å². The Hall–Kier alpha value is -3.28. The highest BCUT2D eigenvalue weighted by Gasteiger charge is 2.16. The third kappa shape index (κ3) is 4.48. The number of aryl methyl sites for hydroxylation is 2. The average Bonchev–Trinajstić information content (AvgIpc) is 3.10. The van der Waals surface area contributed by atoms with Crippen LogP contribution < -0.4 is 15.0 Å². The number of para-hydroxylation sites is 1. The highest BCUT2D eigenvalue weighted by atomic mass is 16.5. The number of piperidine rings is 1. The topological polar surface area (TPSA) is 67.6 Å². The predicted octanol–water partition coefficient (Wildman–Crippen LogP) is 5.11. The van der Waals surface area contributed by atoms with E-state index in [9.17, 15) is 4.79 Å². The van der Waals surface area contributed by atoms with Crippen molar-refractivity contribution >= 4 is 17.3 Å². The highest BCUT2D eigenvalue weighted by Crippen LogP contribution is 2.25. The normalized spacial score (nSPS) is 13.9. The Morgan fingerprint density at radius 1 is 1.10 bits per heavy atom. The van der Waals surface area contributed by atoms with Gasteiger partial charge in [0.2, 0.25) is 0 Å². The molecule has 0 bridgehead atoms. The van der Waals surface area contributed by atoms with E-state index in [0.29, 0.717) is 17.9 Å². The van der Waals surface area contributed by atoms with E-state index in [0.717, 1.165) is 41.5 Å². The molecule has 6 nitrogen and oxygen atoms in total. The molecule has 1 N–H and O–H groups in total. The van der Waals surface area contributed by atoms with Gasteiger partial charge in [0, 0.05) is 24.5 Å². The zero-order chi connectivity index (χ0) is 20.9. The number of anilines is 2. The van der Waals surface area contributed by atoms with Crippen molar-refractivity contribution in [1.29, 1.82) is 0 Å². The van der Waals surface area contributed by atoms with E-state index in [4.69, 9.17) is 9.26 Å². The number of hydrogen-bond donors (Lipinski definition) is 1. The predicted molar refractivity (Wildman–Crippen MR) is 117 cm³/mol. The number of carbonyl (C=O) groups is 1. The van der Waals surface area contributed by atoms with E-state index in [2.05, 4.69) is 21.4 Å². The lowest BCUT2D eigenvalue weighted by Gasteiger charge is -2.29. The summed E-state index contributed by atoms with van der Waals surface area (Å²) in [5.41, 5.74) is 4.12. The van der Waals surface area contributed by atoms with Crippen LogP contribution >= 0.6 is 0 Å². The summed E-state index contributed by atoms with van der Waals surface area (Å²) in [6.07, 6.45) is 3.72. The van der Waals surface area contributed by atoms with Gasteiger partial charge in [0.05, 0.1) is 16.8 Å². The van der Waals surface area contributed by atoms with E-state index in [1.54, 1.807) is 12.1 Å². The Labute approximate surface area is 176 Å². The van der Waals surface area contributed by atoms with Crippen LogP contribution in [0.1, 0.15) is 46.6 Å². The van der Waals surface area contributed by atoms with Crippen LogP contribution in [-0.4, -0.2) is 24.2 Å². The maximum absolute atomic E-state index is 13.0. The molecule has 30 heavy (non-hydrogen) atoms. The van der Waals surface area contributed by atoms with Crippen molar-refractivity contribution in [3.05, 3.63) is 71.1 Å². The lowest BCUT2D eigenvalue weighted by molar-refractivity contribution is 0.102. The standard InChI is InChI=1S/C24H27N3O3/c1-17-22(18(2)30-26-17)16-29-23-12-5-4-11-21(23)24(28)25-19-9-8-10-20(15-19)27-13-6-3-7-14-27/h4-5,8-12,15H,3,6-7,13-14,16H2,1-2H3,(H,25,28). The fourth-order valence-electron chi connectivity index (χ4n) is 3.77. The Bertz CT molecular complexity index is 1000. The van der Waals surface area contributed by atoms with Crippen LogP contribution in [-0.2, 0) is 6.61 Å². The number of nitrogens with one attached hydrogen (secondary N) is 1. The molecule has 0 saturated carbocycles. The molecule has 0 radical (unpaired) electrons. The summed E-state index contributed by atoms with van der Waals surface area (Å²) in [6.45, 7) is 6.16. The average molecular weight is 405 g/mol. The van der Waals surface area contributed by atoms with Gasteiger partial charge in [-0.25, -0.2) is 0 Å². The Kier molecular flexibility index (Phi) is 6.02. The maximum atomic E-state index is 13.0. The Morgan fingerprint density at radius 3 is 2.67 bits per heavy atom. The first-order valence-electron chi connectivity index (χ1n) is 10.4. The van der Waals surface area contributed by atoms with Gasteiger partial charge in [-0.15, -0.1) is 0 Å². The van der Waals surface area contributed by atoms with Crippen molar-refractivity contribution in [1.82, 2.24) is 5.16 Å². The fourth-order valence-corrected chi connectivity index (χ4v) is 3.77. The first-order chi connectivity index (χ1) is 14.6. The molecule has 2 heterocycles. The van der Waals surface area contributed by atoms with Crippen LogP contribution in [0.3, 0.4) is 0 Å². The maximum Gasteiger partial charge on any atom is 0.259 e. The molecule has 4 rings (SSSR count). The highest BCUT2D eigenvalue weighted by molar-refractivity contribution is 6.06. The number of ether oxygens (including phenoxy) is 1. The molecular formula is C24H27N3O3. The molecule has 2 aromatic carbocycles. The minimum atomic E-state index is -0.194. The van der Waals surface area contributed by atoms with Crippen LogP contribution in [0, 0.1) is 13.8 Å². The van der Waals surface area contributed by atoms with Gasteiger partial charge in [-0.3, -0.25) is 4.79 Å². The molecule has 0 aliphatic carbocycles.